The molecule has 1 amide bonds. The van der Waals surface area contributed by atoms with Gasteiger partial charge in [-0.1, -0.05) is 24.3 Å². The van der Waals surface area contributed by atoms with Crippen molar-refractivity contribution in [2.45, 2.75) is 6.42 Å². The van der Waals surface area contributed by atoms with E-state index in [9.17, 15) is 9.59 Å². The Morgan fingerprint density at radius 1 is 1.17 bits per heavy atom. The molecule has 0 saturated carbocycles. The molecule has 0 bridgehead atoms. The van der Waals surface area contributed by atoms with Crippen molar-refractivity contribution < 1.29 is 9.21 Å². The summed E-state index contributed by atoms with van der Waals surface area (Å²) in [6.45, 7) is 0. The lowest BCUT2D eigenvalue weighted by molar-refractivity contribution is -0.115. The number of aromatic amines is 1. The summed E-state index contributed by atoms with van der Waals surface area (Å²) < 4.78 is 4.95. The van der Waals surface area contributed by atoms with Gasteiger partial charge in [0.25, 0.3) is 0 Å². The summed E-state index contributed by atoms with van der Waals surface area (Å²) in [5, 5.41) is 3.86. The Balaban J connectivity index is 1.58. The zero-order chi connectivity index (χ0) is 16.5. The number of hydrogen-bond donors (Lipinski definition) is 2. The van der Waals surface area contributed by atoms with Crippen LogP contribution in [0.1, 0.15) is 5.56 Å². The smallest absolute Gasteiger partial charge is 0.408 e. The molecule has 4 aromatic rings. The van der Waals surface area contributed by atoms with E-state index in [4.69, 9.17) is 4.42 Å². The molecular formula is C18H13N3O3. The molecule has 0 spiro atoms. The number of pyridine rings is 1. The van der Waals surface area contributed by atoms with Crippen LogP contribution in [0.2, 0.25) is 0 Å². The van der Waals surface area contributed by atoms with Gasteiger partial charge in [0.15, 0.2) is 5.58 Å². The number of amides is 1. The third-order valence-electron chi connectivity index (χ3n) is 3.75. The average molecular weight is 319 g/mol. The van der Waals surface area contributed by atoms with Crippen LogP contribution in [-0.4, -0.2) is 15.9 Å². The zero-order valence-electron chi connectivity index (χ0n) is 12.6. The molecule has 0 atom stereocenters. The maximum absolute atomic E-state index is 12.3. The first kappa shape index (κ1) is 14.2. The number of H-pyrrole nitrogens is 1. The summed E-state index contributed by atoms with van der Waals surface area (Å²) in [6, 6.07) is 14.6. The molecule has 6 heteroatoms. The standard InChI is InChI=1S/C18H13N3O3/c22-16(10-11-6-7-15-14(9-11)21-18(23)24-15)20-13-5-1-3-12-4-2-8-19-17(12)13/h1-9H,10H2,(H,20,22)(H,21,23). The van der Waals surface area contributed by atoms with Gasteiger partial charge >= 0.3 is 5.76 Å². The van der Waals surface area contributed by atoms with Crippen LogP contribution in [0.5, 0.6) is 0 Å². The maximum Gasteiger partial charge on any atom is 0.417 e. The van der Waals surface area contributed by atoms with Crippen LogP contribution in [0.15, 0.2) is 63.9 Å². The number of carbonyl (C=O) groups excluding carboxylic acids is 1. The SMILES string of the molecule is O=C(Cc1ccc2oc(=O)[nH]c2c1)Nc1cccc2cccnc12. The fourth-order valence-electron chi connectivity index (χ4n) is 2.69. The first-order chi connectivity index (χ1) is 11.7. The summed E-state index contributed by atoms with van der Waals surface area (Å²) in [4.78, 5) is 30.4. The molecule has 0 aliphatic rings. The molecule has 24 heavy (non-hydrogen) atoms. The number of nitrogens with one attached hydrogen (secondary N) is 2. The lowest BCUT2D eigenvalue weighted by Gasteiger charge is -2.08. The van der Waals surface area contributed by atoms with Crippen molar-refractivity contribution in [1.29, 1.82) is 0 Å². The third-order valence-corrected chi connectivity index (χ3v) is 3.75. The minimum absolute atomic E-state index is 0.154. The highest BCUT2D eigenvalue weighted by Gasteiger charge is 2.09. The van der Waals surface area contributed by atoms with E-state index in [0.717, 1.165) is 16.5 Å². The van der Waals surface area contributed by atoms with E-state index in [1.807, 2.05) is 30.3 Å². The van der Waals surface area contributed by atoms with E-state index in [2.05, 4.69) is 15.3 Å². The number of aromatic nitrogens is 2. The van der Waals surface area contributed by atoms with Gasteiger partial charge in [-0.3, -0.25) is 14.8 Å². The Morgan fingerprint density at radius 2 is 2.04 bits per heavy atom. The fraction of sp³-hybridized carbons (Fsp3) is 0.0556. The Bertz CT molecular complexity index is 1110. The van der Waals surface area contributed by atoms with E-state index in [1.54, 1.807) is 24.4 Å². The van der Waals surface area contributed by atoms with Crippen molar-refractivity contribution in [3.8, 4) is 0 Å². The molecule has 0 fully saturated rings. The molecule has 6 nitrogen and oxygen atoms in total. The highest BCUT2D eigenvalue weighted by Crippen LogP contribution is 2.21. The molecule has 118 valence electrons. The van der Waals surface area contributed by atoms with Gasteiger partial charge in [0.1, 0.15) is 0 Å². The van der Waals surface area contributed by atoms with Gasteiger partial charge in [-0.05, 0) is 29.8 Å². The Labute approximate surface area is 136 Å². The molecule has 2 aromatic carbocycles. The summed E-state index contributed by atoms with van der Waals surface area (Å²) in [5.41, 5.74) is 3.27. The number of hydrogen-bond acceptors (Lipinski definition) is 4. The molecule has 2 N–H and O–H groups in total. The number of benzene rings is 2. The van der Waals surface area contributed by atoms with Crippen LogP contribution in [-0.2, 0) is 11.2 Å². The minimum atomic E-state index is -0.506. The predicted octanol–water partition coefficient (Wildman–Crippen LogP) is 2.85. The van der Waals surface area contributed by atoms with Crippen LogP contribution in [0, 0.1) is 0 Å². The van der Waals surface area contributed by atoms with Gasteiger partial charge in [0.05, 0.1) is 23.1 Å². The average Bonchev–Trinajstić information content (AvgIpc) is 2.94. The largest absolute Gasteiger partial charge is 0.417 e. The first-order valence-corrected chi connectivity index (χ1v) is 7.44. The van der Waals surface area contributed by atoms with Crippen molar-refractivity contribution in [2.75, 3.05) is 5.32 Å². The lowest BCUT2D eigenvalue weighted by atomic mass is 10.1. The molecule has 2 heterocycles. The van der Waals surface area contributed by atoms with E-state index in [-0.39, 0.29) is 12.3 Å². The summed E-state index contributed by atoms with van der Waals surface area (Å²) in [7, 11) is 0. The van der Waals surface area contributed by atoms with Crippen molar-refractivity contribution >= 4 is 33.6 Å². The summed E-state index contributed by atoms with van der Waals surface area (Å²) in [5.74, 6) is -0.660. The second kappa shape index (κ2) is 5.66. The molecule has 4 rings (SSSR count). The van der Waals surface area contributed by atoms with Crippen molar-refractivity contribution in [1.82, 2.24) is 9.97 Å². The second-order valence-corrected chi connectivity index (χ2v) is 5.45. The topological polar surface area (TPSA) is 88.0 Å². The van der Waals surface area contributed by atoms with Crippen molar-refractivity contribution in [3.05, 3.63) is 70.8 Å². The number of para-hydroxylation sites is 1. The van der Waals surface area contributed by atoms with Gasteiger partial charge in [0, 0.05) is 11.6 Å². The Hall–Kier alpha value is -3.41. The van der Waals surface area contributed by atoms with Crippen LogP contribution >= 0.6 is 0 Å². The maximum atomic E-state index is 12.3. The number of rotatable bonds is 3. The number of nitrogens with zero attached hydrogens (tertiary/aromatic N) is 1. The molecule has 0 radical (unpaired) electrons. The van der Waals surface area contributed by atoms with Crippen LogP contribution < -0.4 is 11.1 Å². The van der Waals surface area contributed by atoms with Gasteiger partial charge < -0.3 is 9.73 Å². The second-order valence-electron chi connectivity index (χ2n) is 5.45. The Morgan fingerprint density at radius 3 is 2.96 bits per heavy atom. The highest BCUT2D eigenvalue weighted by atomic mass is 16.4. The predicted molar refractivity (Wildman–Crippen MR) is 90.9 cm³/mol. The molecule has 0 saturated heterocycles. The normalized spacial score (nSPS) is 11.0. The number of carbonyl (C=O) groups is 1. The number of fused-ring (bicyclic) bond motifs is 2. The van der Waals surface area contributed by atoms with E-state index >= 15 is 0 Å². The van der Waals surface area contributed by atoms with Crippen molar-refractivity contribution in [2.24, 2.45) is 0 Å². The third kappa shape index (κ3) is 2.65. The number of anilines is 1. The van der Waals surface area contributed by atoms with Gasteiger partial charge in [0.2, 0.25) is 5.91 Å². The van der Waals surface area contributed by atoms with Crippen LogP contribution in [0.4, 0.5) is 5.69 Å². The van der Waals surface area contributed by atoms with E-state index in [0.29, 0.717) is 16.8 Å². The summed E-state index contributed by atoms with van der Waals surface area (Å²) in [6.07, 6.45) is 1.88. The highest BCUT2D eigenvalue weighted by molar-refractivity contribution is 6.01. The molecular weight excluding hydrogens is 306 g/mol. The van der Waals surface area contributed by atoms with Gasteiger partial charge in [-0.25, -0.2) is 4.79 Å². The molecule has 0 aliphatic carbocycles. The minimum Gasteiger partial charge on any atom is -0.408 e. The Kier molecular flexibility index (Phi) is 3.35. The van der Waals surface area contributed by atoms with Gasteiger partial charge in [-0.2, -0.15) is 0 Å². The zero-order valence-corrected chi connectivity index (χ0v) is 12.6. The fourth-order valence-corrected chi connectivity index (χ4v) is 2.69. The monoisotopic (exact) mass is 319 g/mol. The van der Waals surface area contributed by atoms with Crippen molar-refractivity contribution in [3.63, 3.8) is 0 Å². The van der Waals surface area contributed by atoms with E-state index < -0.39 is 5.76 Å². The van der Waals surface area contributed by atoms with E-state index in [1.165, 1.54) is 0 Å². The molecule has 2 aromatic heterocycles. The quantitative estimate of drug-likeness (QED) is 0.608. The molecule has 0 aliphatic heterocycles. The van der Waals surface area contributed by atoms with Gasteiger partial charge in [-0.15, -0.1) is 0 Å². The number of oxazole rings is 1. The molecule has 0 unspecified atom stereocenters. The van der Waals surface area contributed by atoms with Crippen LogP contribution in [0.25, 0.3) is 22.0 Å². The lowest BCUT2D eigenvalue weighted by Crippen LogP contribution is -2.14. The summed E-state index contributed by atoms with van der Waals surface area (Å²) >= 11 is 0. The first-order valence-electron chi connectivity index (χ1n) is 7.44. The van der Waals surface area contributed by atoms with Crippen LogP contribution in [0.3, 0.4) is 0 Å².